The lowest BCUT2D eigenvalue weighted by atomic mass is 10.2. The number of imide groups is 1. The lowest BCUT2D eigenvalue weighted by Gasteiger charge is -2.30. The molecule has 12 rings (SSSR count). The summed E-state index contributed by atoms with van der Waals surface area (Å²) in [5.41, 5.74) is 12.6. The van der Waals surface area contributed by atoms with Gasteiger partial charge < -0.3 is 81.9 Å². The number of amides is 5. The molecule has 1 saturated heterocycles. The molecule has 0 radical (unpaired) electrons. The maximum Gasteiger partial charge on any atom is 0.530 e. The Balaban J connectivity index is 0.000000333. The van der Waals surface area contributed by atoms with E-state index in [1.807, 2.05) is 242 Å². The van der Waals surface area contributed by atoms with Crippen LogP contribution >= 0.6 is 43.9 Å². The number of nitriles is 1. The lowest BCUT2D eigenvalue weighted by Crippen LogP contribution is -2.44. The SMILES string of the molecule is C.CC#N.CC(C)C(N)P(=O)(Oc1ccccc1)Oc1ccccc1.CC(C)C(NC(=O)OCc1ccccc1)P(=O)(Oc1ccccc1)Oc1ccccc1.CC(C)C(NC(=O)ON1C(=O)CCC1=O)P(=O)(Oc1ccccc1)Oc1ccccc1.CC(C)C=O.NC(=O)OCc1ccccc1.[2H]SC.c1ccc(OP(Oc2ccccc2)Oc2ccccc2)cc1. The van der Waals surface area contributed by atoms with E-state index < -0.39 is 84.8 Å². The number of carbonyl (C=O) groups excluding carboxylic acids is 6. The van der Waals surface area contributed by atoms with Crippen molar-refractivity contribution >= 4 is 80.3 Å². The van der Waals surface area contributed by atoms with Crippen LogP contribution in [0.2, 0.25) is 0 Å². The van der Waals surface area contributed by atoms with Gasteiger partial charge in [-0.15, -0.1) is 5.06 Å². The van der Waals surface area contributed by atoms with Crippen molar-refractivity contribution in [2.24, 2.45) is 35.1 Å². The molecule has 6 N–H and O–H groups in total. The van der Waals surface area contributed by atoms with Crippen LogP contribution in [0.3, 0.4) is 0 Å². The van der Waals surface area contributed by atoms with Crippen LogP contribution in [-0.2, 0) is 55.6 Å². The number of para-hydroxylation sites is 9. The predicted octanol–water partition coefficient (Wildman–Crippen LogP) is 23.9. The summed E-state index contributed by atoms with van der Waals surface area (Å²) in [6.07, 6.45) is -0.000344. The molecule has 0 spiro atoms. The standard InChI is InChI=1S/C24H26NO5P.C21H23N2O7P.C18H15O3P.C16H20NO3P.C8H9NO2.C4H8O.C2H3N.CH4S.CH4/c1-19(2)23(25-24(26)28-18-20-12-6-3-7-13-20)31(27,29-21-14-8-4-9-15-21)30-22-16-10-5-11-17-22;1-15(2)20(22-21(26)28-23-18(24)13-14-19(23)25)31(27,29-16-9-5-3-6-10-16)30-17-11-7-4-8-12-17;1-4-10-16(11-5-1)19-22(20-17-12-6-2-7-13-17)21-18-14-8-3-9-15-18;1-13(2)16(17)21(18,19-14-9-5-3-6-10-14)20-15-11-7-4-8-12-15;9-8(10)11-6-7-4-2-1-3-5-7;1-4(2)3-5;1-2-3;1-2;/h3-17,19,23H,18H2,1-2H3,(H,25,26);3-12,15,20H,13-14H2,1-2H3,(H,22,26);1-15H;3-13,16H,17H2,1-2H3;1-5H,6H2,(H2,9,10);3-4H,1-2H3;1H3;2H,1H3;1H4/i/hD. The van der Waals surface area contributed by atoms with Crippen molar-refractivity contribution in [3.05, 3.63) is 345 Å². The topological polar surface area (TPSA) is 368 Å². The molecule has 3 atom stereocenters. The highest BCUT2D eigenvalue weighted by atomic mass is 32.1. The van der Waals surface area contributed by atoms with E-state index >= 15 is 0 Å². The van der Waals surface area contributed by atoms with E-state index in [4.69, 9.17) is 68.1 Å². The van der Waals surface area contributed by atoms with E-state index in [1.54, 1.807) is 160 Å². The number of carbonyl (C=O) groups is 6. The number of thiol groups is 1. The highest BCUT2D eigenvalue weighted by Gasteiger charge is 2.46. The van der Waals surface area contributed by atoms with Crippen LogP contribution in [0.5, 0.6) is 51.7 Å². The average Bonchev–Trinajstić information content (AvgIpc) is 0.923. The van der Waals surface area contributed by atoms with E-state index in [0.717, 1.165) is 29.9 Å². The van der Waals surface area contributed by atoms with Crippen LogP contribution in [0.4, 0.5) is 14.4 Å². The number of primary amides is 1. The maximum atomic E-state index is 14.0. The monoisotopic (exact) mass is 1830 g/mol. The first-order valence-corrected chi connectivity index (χ1v) is 46.3. The van der Waals surface area contributed by atoms with Gasteiger partial charge in [0.1, 0.15) is 78.2 Å². The van der Waals surface area contributed by atoms with Crippen molar-refractivity contribution in [2.75, 3.05) is 6.26 Å². The maximum absolute atomic E-state index is 14.0. The van der Waals surface area contributed by atoms with Crippen molar-refractivity contribution in [2.45, 2.75) is 113 Å². The first kappa shape index (κ1) is 105. The van der Waals surface area contributed by atoms with Gasteiger partial charge in [-0.2, -0.15) is 17.8 Å². The van der Waals surface area contributed by atoms with Gasteiger partial charge in [0.25, 0.3) is 11.8 Å². The van der Waals surface area contributed by atoms with Gasteiger partial charge in [-0.3, -0.25) is 9.59 Å². The van der Waals surface area contributed by atoms with Crippen molar-refractivity contribution < 1.29 is 97.5 Å². The van der Waals surface area contributed by atoms with Gasteiger partial charge in [0.2, 0.25) is 0 Å². The number of alkyl carbamates (subject to hydrolysis) is 1. The minimum absolute atomic E-state index is 0. The molecule has 1 fully saturated rings. The van der Waals surface area contributed by atoms with Crippen molar-refractivity contribution in [3.8, 4) is 57.8 Å². The summed E-state index contributed by atoms with van der Waals surface area (Å²) in [5, 5.41) is 12.9. The van der Waals surface area contributed by atoms with E-state index in [0.29, 0.717) is 45.3 Å². The molecule has 1 aliphatic rings. The summed E-state index contributed by atoms with van der Waals surface area (Å²) >= 11 is 1.000. The van der Waals surface area contributed by atoms with Crippen LogP contribution in [0.15, 0.2) is 334 Å². The van der Waals surface area contributed by atoms with Gasteiger partial charge in [0, 0.05) is 25.7 Å². The Bertz CT molecular complexity index is 4880. The minimum atomic E-state index is -4.06. The smallest absolute Gasteiger partial charge is 0.445 e. The van der Waals surface area contributed by atoms with Gasteiger partial charge in [-0.25, -0.2) is 28.1 Å². The summed E-state index contributed by atoms with van der Waals surface area (Å²) in [6.45, 7) is 16.4. The van der Waals surface area contributed by atoms with E-state index in [9.17, 15) is 42.5 Å². The van der Waals surface area contributed by atoms with Gasteiger partial charge >= 0.3 is 49.7 Å². The van der Waals surface area contributed by atoms with Gasteiger partial charge in [0.15, 0.2) is 11.6 Å². The number of hydrogen-bond donors (Lipinski definition) is 5. The molecule has 0 saturated carbocycles. The fourth-order valence-corrected chi connectivity index (χ4v) is 17.0. The number of benzene rings is 11. The number of ether oxygens (including phenoxy) is 2. The fraction of sp³-hybridized carbons (Fsp3) is 0.232. The van der Waals surface area contributed by atoms with Crippen molar-refractivity contribution in [3.63, 3.8) is 0 Å². The number of rotatable bonds is 32. The Morgan fingerprint density at radius 2 is 0.654 bits per heavy atom. The third-order valence-electron chi connectivity index (χ3n) is 16.0. The number of hydrogen-bond acceptors (Lipinski definition) is 24. The number of hydroxylamine groups is 2. The van der Waals surface area contributed by atoms with E-state index in [-0.39, 0.29) is 62.7 Å². The molecule has 32 heteroatoms. The van der Waals surface area contributed by atoms with Crippen LogP contribution in [0.25, 0.3) is 0 Å². The first-order valence-electron chi connectivity index (χ1n) is 40.0. The molecule has 674 valence electrons. The number of nitrogens with zero attached hydrogens (tertiary/aromatic N) is 2. The molecule has 1 heterocycles. The summed E-state index contributed by atoms with van der Waals surface area (Å²) < 4.78 is 109. The van der Waals surface area contributed by atoms with Crippen LogP contribution in [0.1, 0.15) is 93.7 Å². The molecule has 11 aromatic carbocycles. The molecular formula is C95H112N6O21P4S. The summed E-state index contributed by atoms with van der Waals surface area (Å²) in [7, 11) is -13.1. The Morgan fingerprint density at radius 3 is 0.882 bits per heavy atom. The Kier molecular flexibility index (Phi) is 48.7. The largest absolute Gasteiger partial charge is 0.530 e. The number of aldehydes is 1. The third-order valence-corrected chi connectivity index (χ3v) is 24.0. The molecule has 27 nitrogen and oxygen atoms in total. The highest BCUT2D eigenvalue weighted by molar-refractivity contribution is 7.79. The Labute approximate surface area is 752 Å². The molecule has 127 heavy (non-hydrogen) atoms. The average molecular weight is 1830 g/mol. The quantitative estimate of drug-likeness (QED) is 0.0113. The van der Waals surface area contributed by atoms with Gasteiger partial charge in [-0.05, 0) is 144 Å². The zero-order valence-electron chi connectivity index (χ0n) is 72.5. The first-order chi connectivity index (χ1) is 61.0. The highest BCUT2D eigenvalue weighted by Crippen LogP contribution is 2.57. The van der Waals surface area contributed by atoms with Gasteiger partial charge in [-0.1, -0.05) is 287 Å². The summed E-state index contributed by atoms with van der Waals surface area (Å²) in [6, 6.07) is 101. The van der Waals surface area contributed by atoms with Crippen molar-refractivity contribution in [1.82, 2.24) is 15.7 Å². The molecule has 0 bridgehead atoms. The minimum Gasteiger partial charge on any atom is -0.445 e. The predicted molar refractivity (Wildman–Crippen MR) is 499 cm³/mol. The Hall–Kier alpha value is -12.8. The zero-order chi connectivity index (χ0) is 92.7. The lowest BCUT2D eigenvalue weighted by molar-refractivity contribution is -0.171. The number of nitrogens with one attached hydrogen (secondary N) is 2. The van der Waals surface area contributed by atoms with Crippen molar-refractivity contribution in [1.29, 1.82) is 6.39 Å². The fourth-order valence-electron chi connectivity index (χ4n) is 10.0. The second-order valence-electron chi connectivity index (χ2n) is 27.6. The molecule has 3 unspecified atom stereocenters. The molecule has 1 aliphatic heterocycles. The molecule has 11 aromatic rings. The second-order valence-corrected chi connectivity index (χ2v) is 34.6. The third kappa shape index (κ3) is 41.2. The molecule has 0 aliphatic carbocycles. The summed E-state index contributed by atoms with van der Waals surface area (Å²) in [5.74, 6) is -0.129. The normalized spacial score (nSPS) is 11.9. The second kappa shape index (κ2) is 59.1. The summed E-state index contributed by atoms with van der Waals surface area (Å²) in [4.78, 5) is 72.9. The van der Waals surface area contributed by atoms with Crippen LogP contribution in [-0.4, -0.2) is 66.2 Å². The van der Waals surface area contributed by atoms with E-state index in [1.165, 1.54) is 6.92 Å². The van der Waals surface area contributed by atoms with Crippen LogP contribution < -0.4 is 62.8 Å². The molecular weight excluding hydrogens is 1720 g/mol. The van der Waals surface area contributed by atoms with Crippen LogP contribution in [0, 0.1) is 35.0 Å². The Morgan fingerprint density at radius 1 is 0.433 bits per heavy atom. The molecule has 5 amide bonds. The molecule has 0 aromatic heterocycles. The number of nitrogens with two attached hydrogens (primary N) is 2. The van der Waals surface area contributed by atoms with E-state index in [2.05, 4.69) is 15.4 Å². The zero-order valence-corrected chi connectivity index (χ0v) is 75.9. The van der Waals surface area contributed by atoms with Gasteiger partial charge in [0.05, 0.1) is 6.07 Å².